The third-order valence-corrected chi connectivity index (χ3v) is 3.43. The number of fused-ring (bicyclic) bond motifs is 1. The fourth-order valence-corrected chi connectivity index (χ4v) is 2.54. The Labute approximate surface area is 119 Å². The number of rotatable bonds is 2. The summed E-state index contributed by atoms with van der Waals surface area (Å²) in [7, 11) is 0. The summed E-state index contributed by atoms with van der Waals surface area (Å²) in [6.07, 6.45) is 3.30. The fraction of sp³-hybridized carbons (Fsp3) is 0.235. The largest absolute Gasteiger partial charge is 0.289 e. The maximum atomic E-state index is 12.0. The van der Waals surface area contributed by atoms with Crippen molar-refractivity contribution in [1.29, 1.82) is 0 Å². The second kappa shape index (κ2) is 9.29. The lowest BCUT2D eigenvalue weighted by Crippen LogP contribution is -2.05. The Kier molecular flexibility index (Phi) is 8.47. The lowest BCUT2D eigenvalue weighted by molar-refractivity contribution is 1.50. The molecule has 0 saturated carbocycles. The molecule has 1 aromatic carbocycles. The molecule has 1 nitrogen and oxygen atoms in total. The molecule has 19 heavy (non-hydrogen) atoms. The van der Waals surface area contributed by atoms with Gasteiger partial charge in [-0.15, -0.1) is 11.3 Å². The van der Waals surface area contributed by atoms with Crippen molar-refractivity contribution >= 4 is 33.6 Å². The summed E-state index contributed by atoms with van der Waals surface area (Å²) >= 11 is 1.56. The van der Waals surface area contributed by atoms with Gasteiger partial charge in [0.1, 0.15) is 0 Å². The molecule has 0 atom stereocenters. The molecule has 0 fully saturated rings. The lowest BCUT2D eigenvalue weighted by atomic mass is 10.1. The molecule has 0 unspecified atom stereocenters. The zero-order valence-electron chi connectivity index (χ0n) is 12.2. The zero-order chi connectivity index (χ0) is 14.8. The topological polar surface area (TPSA) is 17.1 Å². The fourth-order valence-electron chi connectivity index (χ4n) is 1.52. The number of hydrogen-bond acceptors (Lipinski definition) is 2. The van der Waals surface area contributed by atoms with Crippen LogP contribution in [0.25, 0.3) is 22.2 Å². The summed E-state index contributed by atoms with van der Waals surface area (Å²) in [6, 6.07) is 7.59. The molecular weight excluding hydrogens is 252 g/mol. The quantitative estimate of drug-likeness (QED) is 0.696. The molecular formula is C17H22OS. The highest BCUT2D eigenvalue weighted by molar-refractivity contribution is 7.19. The van der Waals surface area contributed by atoms with Gasteiger partial charge in [0.15, 0.2) is 5.43 Å². The van der Waals surface area contributed by atoms with Crippen LogP contribution >= 0.6 is 11.3 Å². The summed E-state index contributed by atoms with van der Waals surface area (Å²) in [5.74, 6) is 0. The summed E-state index contributed by atoms with van der Waals surface area (Å²) < 4.78 is 0.989. The van der Waals surface area contributed by atoms with E-state index in [0.29, 0.717) is 5.56 Å². The minimum Gasteiger partial charge on any atom is -0.289 e. The van der Waals surface area contributed by atoms with Crippen molar-refractivity contribution in [3.63, 3.8) is 0 Å². The molecule has 0 spiro atoms. The first-order valence-corrected chi connectivity index (χ1v) is 7.40. The second-order valence-electron chi connectivity index (χ2n) is 3.11. The van der Waals surface area contributed by atoms with Crippen LogP contribution in [-0.2, 0) is 0 Å². The Morgan fingerprint density at radius 3 is 2.11 bits per heavy atom. The minimum absolute atomic E-state index is 0.0363. The van der Waals surface area contributed by atoms with Gasteiger partial charge in [-0.25, -0.2) is 0 Å². The van der Waals surface area contributed by atoms with Gasteiger partial charge in [-0.05, 0) is 12.1 Å². The molecule has 0 N–H and O–H groups in total. The second-order valence-corrected chi connectivity index (χ2v) is 4.20. The molecule has 1 heterocycles. The van der Waals surface area contributed by atoms with Crippen LogP contribution in [0.3, 0.4) is 0 Å². The highest BCUT2D eigenvalue weighted by Crippen LogP contribution is 2.23. The highest BCUT2D eigenvalue weighted by Gasteiger charge is 2.06. The van der Waals surface area contributed by atoms with Gasteiger partial charge < -0.3 is 0 Å². The van der Waals surface area contributed by atoms with Gasteiger partial charge in [-0.1, -0.05) is 65.1 Å². The van der Waals surface area contributed by atoms with Crippen molar-refractivity contribution in [2.24, 2.45) is 0 Å². The average Bonchev–Trinajstić information content (AvgIpc) is 2.51. The molecule has 102 valence electrons. The van der Waals surface area contributed by atoms with Gasteiger partial charge in [0.05, 0.1) is 0 Å². The van der Waals surface area contributed by atoms with E-state index in [9.17, 15) is 4.79 Å². The van der Waals surface area contributed by atoms with Crippen molar-refractivity contribution < 1.29 is 0 Å². The number of benzene rings is 1. The predicted octanol–water partition coefficient (Wildman–Crippen LogP) is 5.60. The van der Waals surface area contributed by atoms with Crippen LogP contribution in [0, 0.1) is 0 Å². The van der Waals surface area contributed by atoms with E-state index in [-0.39, 0.29) is 5.43 Å². The van der Waals surface area contributed by atoms with Crippen molar-refractivity contribution in [3.8, 4) is 0 Å². The van der Waals surface area contributed by atoms with Gasteiger partial charge in [-0.2, -0.15) is 0 Å². The van der Waals surface area contributed by atoms with Crippen LogP contribution in [0.1, 0.15) is 38.1 Å². The van der Waals surface area contributed by atoms with E-state index in [4.69, 9.17) is 0 Å². The van der Waals surface area contributed by atoms with E-state index in [1.807, 2.05) is 52.0 Å². The van der Waals surface area contributed by atoms with E-state index in [1.54, 1.807) is 23.5 Å². The van der Waals surface area contributed by atoms with Crippen LogP contribution in [0.5, 0.6) is 0 Å². The Morgan fingerprint density at radius 2 is 1.58 bits per heavy atom. The molecule has 0 radical (unpaired) electrons. The first-order valence-electron chi connectivity index (χ1n) is 6.58. The minimum atomic E-state index is 0.0363. The van der Waals surface area contributed by atoms with E-state index in [1.165, 1.54) is 0 Å². The molecule has 0 aliphatic carbocycles. The van der Waals surface area contributed by atoms with Crippen molar-refractivity contribution in [3.05, 3.63) is 58.1 Å². The Hall–Kier alpha value is -1.67. The molecule has 2 aromatic rings. The van der Waals surface area contributed by atoms with E-state index in [0.717, 1.165) is 15.0 Å². The van der Waals surface area contributed by atoms with Gasteiger partial charge in [0.25, 0.3) is 0 Å². The van der Waals surface area contributed by atoms with E-state index >= 15 is 0 Å². The summed E-state index contributed by atoms with van der Waals surface area (Å²) in [5.41, 5.74) is 0.683. The average molecular weight is 274 g/mol. The molecule has 0 amide bonds. The molecule has 0 aliphatic rings. The lowest BCUT2D eigenvalue weighted by Gasteiger charge is -2.02. The van der Waals surface area contributed by atoms with Crippen LogP contribution in [0.2, 0.25) is 0 Å². The van der Waals surface area contributed by atoms with Crippen molar-refractivity contribution in [2.75, 3.05) is 0 Å². The number of hydrogen-bond donors (Lipinski definition) is 0. The van der Waals surface area contributed by atoms with E-state index < -0.39 is 0 Å². The Bertz CT molecular complexity index is 594. The van der Waals surface area contributed by atoms with Crippen LogP contribution in [-0.4, -0.2) is 0 Å². The SMILES string of the molecule is C=Cc1sc2ccccc2c(=O)c1C=C.CC.CC. The normalized spacial score (nSPS) is 8.63. The maximum Gasteiger partial charge on any atom is 0.195 e. The van der Waals surface area contributed by atoms with Gasteiger partial charge in [-0.3, -0.25) is 4.79 Å². The Balaban J connectivity index is 0.000000741. The van der Waals surface area contributed by atoms with E-state index in [2.05, 4.69) is 13.2 Å². The summed E-state index contributed by atoms with van der Waals surface area (Å²) in [6.45, 7) is 15.4. The molecule has 0 aliphatic heterocycles. The summed E-state index contributed by atoms with van der Waals surface area (Å²) in [4.78, 5) is 12.9. The first kappa shape index (κ1) is 17.3. The van der Waals surface area contributed by atoms with Crippen molar-refractivity contribution in [2.45, 2.75) is 27.7 Å². The zero-order valence-corrected chi connectivity index (χ0v) is 13.0. The molecule has 2 rings (SSSR count). The molecule has 0 saturated heterocycles. The monoisotopic (exact) mass is 274 g/mol. The smallest absolute Gasteiger partial charge is 0.195 e. The maximum absolute atomic E-state index is 12.0. The molecule has 2 heteroatoms. The first-order chi connectivity index (χ1) is 9.27. The molecule has 1 aromatic heterocycles. The van der Waals surface area contributed by atoms with Gasteiger partial charge in [0.2, 0.25) is 0 Å². The van der Waals surface area contributed by atoms with Crippen LogP contribution < -0.4 is 5.43 Å². The third kappa shape index (κ3) is 3.90. The highest BCUT2D eigenvalue weighted by atomic mass is 32.1. The standard InChI is InChI=1S/C13H10OS.2C2H6/c1-3-9-11(4-2)15-12-8-6-5-7-10(12)13(9)14;2*1-2/h3-8H,1-2H2;2*1-2H3. The third-order valence-electron chi connectivity index (χ3n) is 2.25. The van der Waals surface area contributed by atoms with Crippen molar-refractivity contribution in [1.82, 2.24) is 0 Å². The van der Waals surface area contributed by atoms with Crippen LogP contribution in [0.15, 0.2) is 42.2 Å². The summed E-state index contributed by atoms with van der Waals surface area (Å²) in [5, 5.41) is 0.753. The van der Waals surface area contributed by atoms with Gasteiger partial charge >= 0.3 is 0 Å². The molecule has 0 bridgehead atoms. The van der Waals surface area contributed by atoms with Gasteiger partial charge in [0, 0.05) is 20.5 Å². The van der Waals surface area contributed by atoms with Crippen LogP contribution in [0.4, 0.5) is 0 Å². The predicted molar refractivity (Wildman–Crippen MR) is 91.0 cm³/mol. The Morgan fingerprint density at radius 1 is 1.00 bits per heavy atom.